The Morgan fingerprint density at radius 1 is 1.32 bits per heavy atom. The Labute approximate surface area is 156 Å². The number of carbonyl (C=O) groups excluding carboxylic acids is 1. The van der Waals surface area contributed by atoms with Crippen LogP contribution in [0.4, 0.5) is 0 Å². The Hall–Kier alpha value is -1.37. The highest BCUT2D eigenvalue weighted by Gasteiger charge is 2.39. The van der Waals surface area contributed by atoms with Gasteiger partial charge in [-0.05, 0) is 44.6 Å². The van der Waals surface area contributed by atoms with Gasteiger partial charge in [0.15, 0.2) is 0 Å². The third kappa shape index (κ3) is 3.35. The lowest BCUT2D eigenvalue weighted by molar-refractivity contribution is -0.118. The second kappa shape index (κ2) is 7.09. The Bertz CT molecular complexity index is 796. The van der Waals surface area contributed by atoms with Gasteiger partial charge in [0.1, 0.15) is 5.01 Å². The molecule has 6 heteroatoms. The molecule has 2 aliphatic rings. The topological polar surface area (TPSA) is 45.2 Å². The number of allylic oxidation sites excluding steroid dienone is 1. The molecule has 4 rings (SSSR count). The summed E-state index contributed by atoms with van der Waals surface area (Å²) >= 11 is 3.60. The minimum atomic E-state index is 0.00718. The summed E-state index contributed by atoms with van der Waals surface area (Å²) in [4.78, 5) is 19.2. The van der Waals surface area contributed by atoms with E-state index in [-0.39, 0.29) is 5.91 Å². The summed E-state index contributed by atoms with van der Waals surface area (Å²) in [6.45, 7) is 7.21. The molecule has 3 heterocycles. The fourth-order valence-corrected chi connectivity index (χ4v) is 6.49. The first-order chi connectivity index (χ1) is 12.2. The van der Waals surface area contributed by atoms with Crippen molar-refractivity contribution in [1.82, 2.24) is 15.2 Å². The molecule has 0 saturated carbocycles. The molecule has 25 heavy (non-hydrogen) atoms. The fourth-order valence-electron chi connectivity index (χ4n) is 3.80. The molecule has 0 spiro atoms. The number of nitrogens with one attached hydrogen (secondary N) is 1. The zero-order valence-corrected chi connectivity index (χ0v) is 16.3. The van der Waals surface area contributed by atoms with Crippen molar-refractivity contribution in [3.63, 3.8) is 0 Å². The van der Waals surface area contributed by atoms with Gasteiger partial charge in [-0.15, -0.1) is 23.1 Å². The van der Waals surface area contributed by atoms with E-state index in [9.17, 15) is 4.79 Å². The van der Waals surface area contributed by atoms with Crippen LogP contribution in [-0.4, -0.2) is 40.7 Å². The SMILES string of the molecule is CCN1CCC2SC(NC(C)=O)=C(c3nc4ccccc4s3)C2CC1. The molecule has 1 saturated heterocycles. The van der Waals surface area contributed by atoms with E-state index in [0.717, 1.165) is 41.6 Å². The molecular weight excluding hydrogens is 350 g/mol. The maximum atomic E-state index is 11.7. The highest BCUT2D eigenvalue weighted by Crippen LogP contribution is 2.50. The van der Waals surface area contributed by atoms with Gasteiger partial charge in [0, 0.05) is 23.7 Å². The third-order valence-electron chi connectivity index (χ3n) is 5.08. The number of hydrogen-bond acceptors (Lipinski definition) is 5. The molecule has 1 aromatic heterocycles. The average molecular weight is 374 g/mol. The minimum absolute atomic E-state index is 0.00718. The number of rotatable bonds is 3. The van der Waals surface area contributed by atoms with E-state index < -0.39 is 0 Å². The van der Waals surface area contributed by atoms with Crippen LogP contribution < -0.4 is 5.32 Å². The molecule has 132 valence electrons. The molecule has 0 bridgehead atoms. The number of amides is 1. The number of likely N-dealkylation sites (tertiary alicyclic amines) is 1. The molecule has 2 aromatic rings. The van der Waals surface area contributed by atoms with Gasteiger partial charge in [-0.25, -0.2) is 4.98 Å². The van der Waals surface area contributed by atoms with Gasteiger partial charge in [0.2, 0.25) is 5.91 Å². The standard InChI is InChI=1S/C19H23N3OS2/c1-3-22-10-8-13-15(9-11-22)24-18(20-12(2)23)17(13)19-21-14-6-4-5-7-16(14)25-19/h4-7,13,15H,3,8-11H2,1-2H3,(H,20,23). The van der Waals surface area contributed by atoms with Crippen molar-refractivity contribution in [3.05, 3.63) is 34.3 Å². The number of thioether (sulfide) groups is 1. The van der Waals surface area contributed by atoms with Crippen LogP contribution in [0.1, 0.15) is 31.7 Å². The molecule has 0 aliphatic carbocycles. The van der Waals surface area contributed by atoms with Crippen molar-refractivity contribution < 1.29 is 4.79 Å². The molecule has 1 aromatic carbocycles. The molecule has 2 atom stereocenters. The lowest BCUT2D eigenvalue weighted by Gasteiger charge is -2.18. The van der Waals surface area contributed by atoms with Crippen LogP contribution in [0, 0.1) is 5.92 Å². The van der Waals surface area contributed by atoms with Crippen molar-refractivity contribution in [1.29, 1.82) is 0 Å². The predicted molar refractivity (Wildman–Crippen MR) is 107 cm³/mol. The van der Waals surface area contributed by atoms with E-state index in [1.807, 2.05) is 17.8 Å². The van der Waals surface area contributed by atoms with E-state index in [0.29, 0.717) is 11.2 Å². The summed E-state index contributed by atoms with van der Waals surface area (Å²) in [5, 5.41) is 5.75. The van der Waals surface area contributed by atoms with Crippen LogP contribution in [0.25, 0.3) is 15.8 Å². The van der Waals surface area contributed by atoms with Crippen LogP contribution in [0.15, 0.2) is 29.3 Å². The normalized spacial score (nSPS) is 24.4. The van der Waals surface area contributed by atoms with Crippen molar-refractivity contribution in [2.45, 2.75) is 31.9 Å². The number of fused-ring (bicyclic) bond motifs is 2. The predicted octanol–water partition coefficient (Wildman–Crippen LogP) is 3.95. The maximum absolute atomic E-state index is 11.7. The number of hydrogen-bond donors (Lipinski definition) is 1. The largest absolute Gasteiger partial charge is 0.321 e. The Kier molecular flexibility index (Phi) is 4.84. The third-order valence-corrected chi connectivity index (χ3v) is 7.58. The zero-order valence-electron chi connectivity index (χ0n) is 14.6. The number of thiazole rings is 1. The lowest BCUT2D eigenvalue weighted by atomic mass is 9.92. The highest BCUT2D eigenvalue weighted by molar-refractivity contribution is 8.04. The molecule has 1 amide bonds. The van der Waals surface area contributed by atoms with Gasteiger partial charge in [-0.3, -0.25) is 4.79 Å². The molecular formula is C19H23N3OS2. The van der Waals surface area contributed by atoms with Crippen molar-refractivity contribution in [2.24, 2.45) is 5.92 Å². The first kappa shape index (κ1) is 17.1. The van der Waals surface area contributed by atoms with Crippen LogP contribution in [-0.2, 0) is 4.79 Å². The Morgan fingerprint density at radius 2 is 2.12 bits per heavy atom. The van der Waals surface area contributed by atoms with Gasteiger partial charge < -0.3 is 10.2 Å². The monoisotopic (exact) mass is 373 g/mol. The summed E-state index contributed by atoms with van der Waals surface area (Å²) in [5.41, 5.74) is 2.32. The minimum Gasteiger partial charge on any atom is -0.321 e. The number of para-hydroxylation sites is 1. The van der Waals surface area contributed by atoms with Gasteiger partial charge in [-0.1, -0.05) is 19.1 Å². The van der Waals surface area contributed by atoms with Crippen molar-refractivity contribution in [2.75, 3.05) is 19.6 Å². The van der Waals surface area contributed by atoms with E-state index in [1.54, 1.807) is 18.3 Å². The fraction of sp³-hybridized carbons (Fsp3) is 0.474. The van der Waals surface area contributed by atoms with Crippen LogP contribution in [0.2, 0.25) is 0 Å². The van der Waals surface area contributed by atoms with Crippen LogP contribution >= 0.6 is 23.1 Å². The van der Waals surface area contributed by atoms with Crippen LogP contribution in [0.5, 0.6) is 0 Å². The smallest absolute Gasteiger partial charge is 0.221 e. The second-order valence-electron chi connectivity index (χ2n) is 6.69. The quantitative estimate of drug-likeness (QED) is 0.885. The Morgan fingerprint density at radius 3 is 2.88 bits per heavy atom. The number of aromatic nitrogens is 1. The highest BCUT2D eigenvalue weighted by atomic mass is 32.2. The van der Waals surface area contributed by atoms with Gasteiger partial charge >= 0.3 is 0 Å². The first-order valence-corrected chi connectivity index (χ1v) is 10.6. The molecule has 2 aliphatic heterocycles. The molecule has 2 unspecified atom stereocenters. The van der Waals surface area contributed by atoms with Crippen molar-refractivity contribution in [3.8, 4) is 0 Å². The molecule has 1 fully saturated rings. The van der Waals surface area contributed by atoms with E-state index in [2.05, 4.69) is 35.3 Å². The average Bonchev–Trinajstić information content (AvgIpc) is 3.09. The van der Waals surface area contributed by atoms with Crippen LogP contribution in [0.3, 0.4) is 0 Å². The summed E-state index contributed by atoms with van der Waals surface area (Å²) in [7, 11) is 0. The second-order valence-corrected chi connectivity index (χ2v) is 8.97. The summed E-state index contributed by atoms with van der Waals surface area (Å²) in [6.07, 6.45) is 2.31. The van der Waals surface area contributed by atoms with Gasteiger partial charge in [-0.2, -0.15) is 0 Å². The van der Waals surface area contributed by atoms with E-state index in [1.165, 1.54) is 16.7 Å². The maximum Gasteiger partial charge on any atom is 0.221 e. The van der Waals surface area contributed by atoms with E-state index >= 15 is 0 Å². The summed E-state index contributed by atoms with van der Waals surface area (Å²) < 4.78 is 1.21. The molecule has 4 nitrogen and oxygen atoms in total. The zero-order chi connectivity index (χ0) is 17.4. The van der Waals surface area contributed by atoms with Gasteiger partial charge in [0.05, 0.1) is 15.2 Å². The Balaban J connectivity index is 1.74. The van der Waals surface area contributed by atoms with Gasteiger partial charge in [0.25, 0.3) is 0 Å². The number of carbonyl (C=O) groups is 1. The van der Waals surface area contributed by atoms with Crippen molar-refractivity contribution >= 4 is 44.8 Å². The number of benzene rings is 1. The number of nitrogens with zero attached hydrogens (tertiary/aromatic N) is 2. The lowest BCUT2D eigenvalue weighted by Crippen LogP contribution is -2.24. The summed E-state index contributed by atoms with van der Waals surface area (Å²) in [5.74, 6) is 0.483. The summed E-state index contributed by atoms with van der Waals surface area (Å²) in [6, 6.07) is 8.29. The first-order valence-electron chi connectivity index (χ1n) is 8.92. The molecule has 1 N–H and O–H groups in total. The molecule has 0 radical (unpaired) electrons. The van der Waals surface area contributed by atoms with E-state index in [4.69, 9.17) is 4.98 Å².